The molecule has 2 aromatic heterocycles. The Kier molecular flexibility index (Phi) is 5.53. The summed E-state index contributed by atoms with van der Waals surface area (Å²) >= 11 is 0. The number of nitrogens with one attached hydrogen (secondary N) is 2. The second-order valence-electron chi connectivity index (χ2n) is 8.58. The molecule has 172 valence electrons. The molecular formula is C27H25N3O4. The molecule has 0 spiro atoms. The van der Waals surface area contributed by atoms with E-state index in [4.69, 9.17) is 8.83 Å². The van der Waals surface area contributed by atoms with Gasteiger partial charge in [-0.05, 0) is 56.5 Å². The molecular weight excluding hydrogens is 430 g/mol. The number of nitrogens with zero attached hydrogens (tertiary/aromatic N) is 1. The number of hydrogen-bond donors (Lipinski definition) is 2. The molecule has 0 saturated heterocycles. The van der Waals surface area contributed by atoms with Crippen LogP contribution in [0.1, 0.15) is 46.0 Å². The fourth-order valence-corrected chi connectivity index (χ4v) is 4.13. The number of aryl methyl sites for hydroxylation is 2. The smallest absolute Gasteiger partial charge is 0.259 e. The van der Waals surface area contributed by atoms with E-state index >= 15 is 0 Å². The highest BCUT2D eigenvalue weighted by atomic mass is 16.4. The second-order valence-corrected chi connectivity index (χ2v) is 8.58. The van der Waals surface area contributed by atoms with Crippen LogP contribution in [-0.2, 0) is 16.8 Å². The molecule has 1 saturated carbocycles. The van der Waals surface area contributed by atoms with Gasteiger partial charge in [-0.2, -0.15) is 0 Å². The summed E-state index contributed by atoms with van der Waals surface area (Å²) in [7, 11) is 0. The zero-order chi connectivity index (χ0) is 23.7. The lowest BCUT2D eigenvalue weighted by Gasteiger charge is -2.15. The van der Waals surface area contributed by atoms with Gasteiger partial charge in [0.25, 0.3) is 5.91 Å². The number of carbonyl (C=O) groups is 2. The van der Waals surface area contributed by atoms with Gasteiger partial charge in [0.15, 0.2) is 0 Å². The van der Waals surface area contributed by atoms with E-state index in [0.717, 1.165) is 24.0 Å². The minimum Gasteiger partial charge on any atom is -0.469 e. The average molecular weight is 456 g/mol. The predicted molar refractivity (Wildman–Crippen MR) is 127 cm³/mol. The van der Waals surface area contributed by atoms with E-state index in [1.807, 2.05) is 49.4 Å². The number of amides is 2. The van der Waals surface area contributed by atoms with Gasteiger partial charge in [0.05, 0.1) is 23.8 Å². The summed E-state index contributed by atoms with van der Waals surface area (Å²) < 4.78 is 11.1. The summed E-state index contributed by atoms with van der Waals surface area (Å²) in [5, 5.41) is 5.91. The molecule has 1 fully saturated rings. The minimum atomic E-state index is -0.429. The van der Waals surface area contributed by atoms with Gasteiger partial charge < -0.3 is 19.5 Å². The summed E-state index contributed by atoms with van der Waals surface area (Å²) in [4.78, 5) is 30.0. The molecule has 2 heterocycles. The number of furan rings is 1. The number of anilines is 1. The van der Waals surface area contributed by atoms with E-state index < -0.39 is 5.41 Å². The minimum absolute atomic E-state index is 0.0156. The van der Waals surface area contributed by atoms with Gasteiger partial charge in [-0.3, -0.25) is 9.59 Å². The Morgan fingerprint density at radius 3 is 2.50 bits per heavy atom. The Labute approximate surface area is 197 Å². The van der Waals surface area contributed by atoms with Crippen LogP contribution < -0.4 is 10.6 Å². The van der Waals surface area contributed by atoms with Gasteiger partial charge in [-0.15, -0.1) is 0 Å². The summed E-state index contributed by atoms with van der Waals surface area (Å²) in [5.41, 5.74) is 3.13. The molecule has 0 atom stereocenters. The fourth-order valence-electron chi connectivity index (χ4n) is 4.13. The average Bonchev–Trinajstić information content (AvgIpc) is 3.42. The Balaban J connectivity index is 1.28. The van der Waals surface area contributed by atoms with Crippen LogP contribution in [0.3, 0.4) is 0 Å². The number of benzene rings is 2. The molecule has 2 aromatic carbocycles. The molecule has 5 rings (SSSR count). The van der Waals surface area contributed by atoms with Crippen molar-refractivity contribution in [1.82, 2.24) is 10.3 Å². The molecule has 7 nitrogen and oxygen atoms in total. The normalized spacial score (nSPS) is 13.9. The highest BCUT2D eigenvalue weighted by molar-refractivity contribution is 6.05. The van der Waals surface area contributed by atoms with Crippen molar-refractivity contribution in [1.29, 1.82) is 0 Å². The molecule has 1 aliphatic rings. The van der Waals surface area contributed by atoms with Crippen molar-refractivity contribution in [2.24, 2.45) is 0 Å². The number of carbonyl (C=O) groups excluding carboxylic acids is 2. The van der Waals surface area contributed by atoms with Crippen LogP contribution in [0.5, 0.6) is 0 Å². The van der Waals surface area contributed by atoms with Gasteiger partial charge in [0.2, 0.25) is 11.8 Å². The van der Waals surface area contributed by atoms with Crippen molar-refractivity contribution >= 4 is 17.5 Å². The first kappa shape index (κ1) is 21.7. The first-order valence-electron chi connectivity index (χ1n) is 11.2. The molecule has 2 N–H and O–H groups in total. The van der Waals surface area contributed by atoms with Crippen molar-refractivity contribution in [3.8, 4) is 11.5 Å². The zero-order valence-corrected chi connectivity index (χ0v) is 19.1. The Hall–Kier alpha value is -4.13. The van der Waals surface area contributed by atoms with Crippen LogP contribution in [0.4, 0.5) is 5.69 Å². The van der Waals surface area contributed by atoms with E-state index in [0.29, 0.717) is 40.9 Å². The summed E-state index contributed by atoms with van der Waals surface area (Å²) in [5.74, 6) is 1.40. The van der Waals surface area contributed by atoms with Gasteiger partial charge in [0, 0.05) is 11.3 Å². The second kappa shape index (κ2) is 8.67. The fraction of sp³-hybridized carbons (Fsp3) is 0.222. The molecule has 0 bridgehead atoms. The van der Waals surface area contributed by atoms with Crippen molar-refractivity contribution < 1.29 is 18.4 Å². The molecule has 4 aromatic rings. The van der Waals surface area contributed by atoms with E-state index in [1.165, 1.54) is 6.26 Å². The molecule has 2 amide bonds. The Morgan fingerprint density at radius 2 is 1.79 bits per heavy atom. The lowest BCUT2D eigenvalue weighted by atomic mass is 9.95. The van der Waals surface area contributed by atoms with E-state index in [2.05, 4.69) is 15.6 Å². The van der Waals surface area contributed by atoms with Crippen LogP contribution in [0.15, 0.2) is 75.8 Å². The molecule has 1 aliphatic carbocycles. The molecule has 34 heavy (non-hydrogen) atoms. The number of aromatic nitrogens is 1. The number of hydrogen-bond acceptors (Lipinski definition) is 5. The van der Waals surface area contributed by atoms with Crippen LogP contribution in [0, 0.1) is 13.8 Å². The van der Waals surface area contributed by atoms with Crippen molar-refractivity contribution in [3.05, 3.63) is 95.3 Å². The maximum atomic E-state index is 12.9. The van der Waals surface area contributed by atoms with Crippen molar-refractivity contribution in [2.45, 2.75) is 38.6 Å². The van der Waals surface area contributed by atoms with Crippen LogP contribution in [0.25, 0.3) is 11.5 Å². The monoisotopic (exact) mass is 455 g/mol. The Bertz CT molecular complexity index is 1350. The quantitative estimate of drug-likeness (QED) is 0.402. The summed E-state index contributed by atoms with van der Waals surface area (Å²) in [6.45, 7) is 3.86. The lowest BCUT2D eigenvalue weighted by Crippen LogP contribution is -2.34. The molecule has 0 radical (unpaired) electrons. The highest BCUT2D eigenvalue weighted by Crippen LogP contribution is 2.48. The van der Waals surface area contributed by atoms with Crippen molar-refractivity contribution in [3.63, 3.8) is 0 Å². The van der Waals surface area contributed by atoms with Crippen LogP contribution in [-0.4, -0.2) is 16.8 Å². The molecule has 7 heteroatoms. The van der Waals surface area contributed by atoms with Gasteiger partial charge in [-0.1, -0.05) is 36.4 Å². The van der Waals surface area contributed by atoms with E-state index in [-0.39, 0.29) is 11.8 Å². The number of oxazole rings is 1. The summed E-state index contributed by atoms with van der Waals surface area (Å²) in [6.07, 6.45) is 3.19. The lowest BCUT2D eigenvalue weighted by molar-refractivity contribution is -0.123. The SMILES string of the molecule is Cc1occc1C(=O)Nc1cccc(-c2nc(CNC(=O)C3(c4ccccc4)CC3)c(C)o2)c1. The highest BCUT2D eigenvalue weighted by Gasteiger charge is 2.51. The van der Waals surface area contributed by atoms with Gasteiger partial charge in [0.1, 0.15) is 17.2 Å². The van der Waals surface area contributed by atoms with Gasteiger partial charge in [-0.25, -0.2) is 4.98 Å². The molecule has 0 unspecified atom stereocenters. The van der Waals surface area contributed by atoms with E-state index in [1.54, 1.807) is 25.1 Å². The van der Waals surface area contributed by atoms with Crippen LogP contribution in [0.2, 0.25) is 0 Å². The maximum absolute atomic E-state index is 12.9. The zero-order valence-electron chi connectivity index (χ0n) is 19.1. The van der Waals surface area contributed by atoms with Crippen molar-refractivity contribution in [2.75, 3.05) is 5.32 Å². The third-order valence-corrected chi connectivity index (χ3v) is 6.29. The largest absolute Gasteiger partial charge is 0.469 e. The number of rotatable bonds is 7. The first-order valence-corrected chi connectivity index (χ1v) is 11.2. The third-order valence-electron chi connectivity index (χ3n) is 6.29. The van der Waals surface area contributed by atoms with Gasteiger partial charge >= 0.3 is 0 Å². The molecule has 0 aliphatic heterocycles. The predicted octanol–water partition coefficient (Wildman–Crippen LogP) is 5.15. The standard InChI is InChI=1S/C27H25N3O4/c1-17-22(11-14-33-17)24(31)29-21-10-6-7-19(15-21)25-30-23(18(2)34-25)16-28-26(32)27(12-13-27)20-8-4-3-5-9-20/h3-11,14-15H,12-13,16H2,1-2H3,(H,28,32)(H,29,31). The third kappa shape index (κ3) is 4.12. The van der Waals surface area contributed by atoms with E-state index in [9.17, 15) is 9.59 Å². The summed E-state index contributed by atoms with van der Waals surface area (Å²) in [6, 6.07) is 18.8. The first-order chi connectivity index (χ1) is 16.5. The Morgan fingerprint density at radius 1 is 1.00 bits per heavy atom. The van der Waals surface area contributed by atoms with Crippen LogP contribution >= 0.6 is 0 Å². The topological polar surface area (TPSA) is 97.4 Å². The maximum Gasteiger partial charge on any atom is 0.259 e.